The highest BCUT2D eigenvalue weighted by atomic mass is 16.6. The molecule has 0 saturated carbocycles. The van der Waals surface area contributed by atoms with E-state index in [1.807, 2.05) is 0 Å². The summed E-state index contributed by atoms with van der Waals surface area (Å²) in [4.78, 5) is 37.6. The molecule has 0 heterocycles. The molecule has 0 amide bonds. The Bertz CT molecular complexity index is 1010. The van der Waals surface area contributed by atoms with E-state index in [0.717, 1.165) is 64.2 Å². The smallest absolute Gasteiger partial charge is 0.306 e. The fraction of sp³-hybridized carbons (Fsp3) is 0.729. The first-order chi connectivity index (χ1) is 26.5. The van der Waals surface area contributed by atoms with Crippen LogP contribution in [0.3, 0.4) is 0 Å². The number of esters is 3. The molecular weight excluding hydrogens is 673 g/mol. The third-order valence-corrected chi connectivity index (χ3v) is 9.23. The van der Waals surface area contributed by atoms with Crippen molar-refractivity contribution in [2.45, 2.75) is 213 Å². The summed E-state index contributed by atoms with van der Waals surface area (Å²) in [7, 11) is 0. The summed E-state index contributed by atoms with van der Waals surface area (Å²) in [6.07, 6.45) is 50.8. The van der Waals surface area contributed by atoms with Gasteiger partial charge in [0.1, 0.15) is 13.2 Å². The monoisotopic (exact) mass is 755 g/mol. The van der Waals surface area contributed by atoms with Crippen LogP contribution in [-0.4, -0.2) is 37.2 Å². The Hall–Kier alpha value is -2.89. The zero-order valence-corrected chi connectivity index (χ0v) is 35.2. The number of carbonyl (C=O) groups excluding carboxylic acids is 3. The molecule has 0 fully saturated rings. The average Bonchev–Trinajstić information content (AvgIpc) is 3.17. The molecule has 0 aromatic heterocycles. The molecular formula is C48H82O6. The number of allylic oxidation sites excluding steroid dienone is 10. The van der Waals surface area contributed by atoms with E-state index in [-0.39, 0.29) is 37.5 Å². The maximum absolute atomic E-state index is 12.6. The van der Waals surface area contributed by atoms with Gasteiger partial charge in [-0.15, -0.1) is 0 Å². The van der Waals surface area contributed by atoms with E-state index < -0.39 is 6.10 Å². The maximum atomic E-state index is 12.6. The van der Waals surface area contributed by atoms with Crippen LogP contribution in [0.4, 0.5) is 0 Å². The van der Waals surface area contributed by atoms with Crippen LogP contribution in [0.1, 0.15) is 207 Å². The molecule has 6 nitrogen and oxygen atoms in total. The van der Waals surface area contributed by atoms with Gasteiger partial charge in [-0.3, -0.25) is 14.4 Å². The summed E-state index contributed by atoms with van der Waals surface area (Å²) < 4.78 is 16.6. The molecule has 0 aromatic carbocycles. The average molecular weight is 755 g/mol. The molecule has 0 radical (unpaired) electrons. The molecule has 0 aliphatic carbocycles. The minimum atomic E-state index is -0.810. The number of unbranched alkanes of at least 4 members (excludes halogenated alkanes) is 18. The highest BCUT2D eigenvalue weighted by Gasteiger charge is 2.19. The largest absolute Gasteiger partial charge is 0.462 e. The van der Waals surface area contributed by atoms with Crippen molar-refractivity contribution in [3.63, 3.8) is 0 Å². The van der Waals surface area contributed by atoms with Gasteiger partial charge in [0.2, 0.25) is 0 Å². The molecule has 1 atom stereocenters. The normalized spacial score (nSPS) is 12.6. The van der Waals surface area contributed by atoms with Gasteiger partial charge in [0.25, 0.3) is 0 Å². The van der Waals surface area contributed by atoms with Crippen LogP contribution in [0.15, 0.2) is 60.8 Å². The van der Waals surface area contributed by atoms with E-state index in [4.69, 9.17) is 14.2 Å². The third kappa shape index (κ3) is 40.3. The van der Waals surface area contributed by atoms with Gasteiger partial charge in [-0.05, 0) is 89.9 Å². The Balaban J connectivity index is 4.42. The van der Waals surface area contributed by atoms with E-state index in [9.17, 15) is 14.4 Å². The van der Waals surface area contributed by atoms with E-state index in [0.29, 0.717) is 25.7 Å². The Labute approximate surface area is 332 Å². The second kappa shape index (κ2) is 42.8. The summed E-state index contributed by atoms with van der Waals surface area (Å²) in [5, 5.41) is 0. The molecule has 54 heavy (non-hydrogen) atoms. The van der Waals surface area contributed by atoms with Crippen LogP contribution >= 0.6 is 0 Å². The van der Waals surface area contributed by atoms with Gasteiger partial charge in [0, 0.05) is 19.3 Å². The van der Waals surface area contributed by atoms with E-state index in [2.05, 4.69) is 81.5 Å². The van der Waals surface area contributed by atoms with Gasteiger partial charge in [-0.1, -0.05) is 159 Å². The summed E-state index contributed by atoms with van der Waals surface area (Å²) >= 11 is 0. The van der Waals surface area contributed by atoms with Gasteiger partial charge in [-0.2, -0.15) is 0 Å². The Morgan fingerprint density at radius 2 is 0.741 bits per heavy atom. The van der Waals surface area contributed by atoms with E-state index in [1.165, 1.54) is 89.9 Å². The zero-order chi connectivity index (χ0) is 39.4. The molecule has 0 saturated heterocycles. The standard InChI is InChI=1S/C48H82O6/c1-4-7-10-13-16-19-21-22-23-24-25-27-29-32-35-38-41-47(50)53-44-45(43-52-46(49)40-37-34-31-28-18-15-12-9-6-3)54-48(51)42-39-36-33-30-26-20-17-14-11-8-5-2/h8,11,17,20,23-24,28,30-31,33,45H,4-7,9-10,12-16,18-19,21-22,25-27,29,32,34-44H2,1-3H3/b11-8-,20-17-,24-23-,31-28-,33-30-. The van der Waals surface area contributed by atoms with Gasteiger partial charge in [0.05, 0.1) is 0 Å². The predicted octanol–water partition coefficient (Wildman–Crippen LogP) is 14.1. The van der Waals surface area contributed by atoms with Crippen molar-refractivity contribution in [3.8, 4) is 0 Å². The van der Waals surface area contributed by atoms with Crippen molar-refractivity contribution in [3.05, 3.63) is 60.8 Å². The predicted molar refractivity (Wildman–Crippen MR) is 228 cm³/mol. The molecule has 0 aromatic rings. The number of hydrogen-bond donors (Lipinski definition) is 0. The SMILES string of the molecule is CC/C=C\C/C=C\C/C=C\CCCC(=O)OC(COC(=O)CCC/C=C\CCCCCC)COC(=O)CCCCCCC/C=C\CCCCCCCCC. The first kappa shape index (κ1) is 51.1. The first-order valence-electron chi connectivity index (χ1n) is 22.3. The summed E-state index contributed by atoms with van der Waals surface area (Å²) in [6, 6.07) is 0. The fourth-order valence-electron chi connectivity index (χ4n) is 5.87. The molecule has 0 aliphatic rings. The van der Waals surface area contributed by atoms with Crippen LogP contribution in [0, 0.1) is 0 Å². The molecule has 310 valence electrons. The van der Waals surface area contributed by atoms with Crippen LogP contribution in [0.2, 0.25) is 0 Å². The maximum Gasteiger partial charge on any atom is 0.306 e. The second-order valence-corrected chi connectivity index (χ2v) is 14.6. The fourth-order valence-corrected chi connectivity index (χ4v) is 5.87. The van der Waals surface area contributed by atoms with Gasteiger partial charge in [-0.25, -0.2) is 0 Å². The highest BCUT2D eigenvalue weighted by Crippen LogP contribution is 2.12. The Morgan fingerprint density at radius 3 is 1.24 bits per heavy atom. The van der Waals surface area contributed by atoms with Crippen LogP contribution in [0.25, 0.3) is 0 Å². The summed E-state index contributed by atoms with van der Waals surface area (Å²) in [5.74, 6) is -1.01. The summed E-state index contributed by atoms with van der Waals surface area (Å²) in [5.41, 5.74) is 0. The van der Waals surface area contributed by atoms with E-state index >= 15 is 0 Å². The number of ether oxygens (including phenoxy) is 3. The molecule has 0 spiro atoms. The van der Waals surface area contributed by atoms with Gasteiger partial charge in [0.15, 0.2) is 6.10 Å². The lowest BCUT2D eigenvalue weighted by molar-refractivity contribution is -0.167. The molecule has 0 aliphatic heterocycles. The lowest BCUT2D eigenvalue weighted by Crippen LogP contribution is -2.30. The summed E-state index contributed by atoms with van der Waals surface area (Å²) in [6.45, 7) is 6.38. The van der Waals surface area contributed by atoms with E-state index in [1.54, 1.807) is 0 Å². The van der Waals surface area contributed by atoms with Crippen molar-refractivity contribution in [2.75, 3.05) is 13.2 Å². The van der Waals surface area contributed by atoms with Gasteiger partial charge >= 0.3 is 17.9 Å². The van der Waals surface area contributed by atoms with Crippen molar-refractivity contribution < 1.29 is 28.6 Å². The van der Waals surface area contributed by atoms with Crippen LogP contribution in [-0.2, 0) is 28.6 Å². The number of rotatable bonds is 39. The third-order valence-electron chi connectivity index (χ3n) is 9.23. The first-order valence-corrected chi connectivity index (χ1v) is 22.3. The highest BCUT2D eigenvalue weighted by molar-refractivity contribution is 5.71. The van der Waals surface area contributed by atoms with Crippen LogP contribution in [0.5, 0.6) is 0 Å². The quantitative estimate of drug-likeness (QED) is 0.0269. The molecule has 1 unspecified atom stereocenters. The van der Waals surface area contributed by atoms with Crippen molar-refractivity contribution in [1.29, 1.82) is 0 Å². The topological polar surface area (TPSA) is 78.9 Å². The van der Waals surface area contributed by atoms with Crippen LogP contribution < -0.4 is 0 Å². The Kier molecular flexibility index (Phi) is 40.6. The second-order valence-electron chi connectivity index (χ2n) is 14.6. The van der Waals surface area contributed by atoms with Gasteiger partial charge < -0.3 is 14.2 Å². The number of carbonyl (C=O) groups is 3. The minimum absolute atomic E-state index is 0.108. The number of hydrogen-bond acceptors (Lipinski definition) is 6. The minimum Gasteiger partial charge on any atom is -0.462 e. The van der Waals surface area contributed by atoms with Crippen molar-refractivity contribution in [2.24, 2.45) is 0 Å². The lowest BCUT2D eigenvalue weighted by atomic mass is 10.1. The lowest BCUT2D eigenvalue weighted by Gasteiger charge is -2.18. The zero-order valence-electron chi connectivity index (χ0n) is 35.2. The molecule has 0 rings (SSSR count). The van der Waals surface area contributed by atoms with Crippen molar-refractivity contribution in [1.82, 2.24) is 0 Å². The molecule has 0 bridgehead atoms. The molecule has 6 heteroatoms. The Morgan fingerprint density at radius 1 is 0.389 bits per heavy atom. The molecule has 0 N–H and O–H groups in total. The van der Waals surface area contributed by atoms with Crippen molar-refractivity contribution >= 4 is 17.9 Å².